The van der Waals surface area contributed by atoms with Crippen molar-refractivity contribution in [2.45, 2.75) is 26.4 Å². The third-order valence-corrected chi connectivity index (χ3v) is 1.67. The molecular weight excluding hydrogens is 150 g/mol. The molecule has 0 aromatic heterocycles. The SMILES string of the molecule is C=C/C(=C\C(N)=C/C)[C@@H](O)CC. The molecule has 1 atom stereocenters. The first-order valence-electron chi connectivity index (χ1n) is 4.09. The van der Waals surface area contributed by atoms with Gasteiger partial charge in [-0.05, 0) is 25.0 Å². The summed E-state index contributed by atoms with van der Waals surface area (Å²) < 4.78 is 0. The Morgan fingerprint density at radius 2 is 2.25 bits per heavy atom. The average molecular weight is 167 g/mol. The fraction of sp³-hybridized carbons (Fsp3) is 0.400. The first kappa shape index (κ1) is 11.0. The van der Waals surface area contributed by atoms with Crippen LogP contribution < -0.4 is 5.73 Å². The van der Waals surface area contributed by atoms with E-state index in [2.05, 4.69) is 6.58 Å². The number of aliphatic hydroxyl groups excluding tert-OH is 1. The predicted octanol–water partition coefficient (Wildman–Crippen LogP) is 1.73. The van der Waals surface area contributed by atoms with Crippen molar-refractivity contribution < 1.29 is 5.11 Å². The Morgan fingerprint density at radius 3 is 2.58 bits per heavy atom. The Balaban J connectivity index is 4.54. The molecule has 0 amide bonds. The number of allylic oxidation sites excluding steroid dienone is 2. The van der Waals surface area contributed by atoms with Crippen LogP contribution in [0.5, 0.6) is 0 Å². The highest BCUT2D eigenvalue weighted by atomic mass is 16.3. The van der Waals surface area contributed by atoms with Gasteiger partial charge in [0.2, 0.25) is 0 Å². The molecule has 0 aliphatic carbocycles. The topological polar surface area (TPSA) is 46.2 Å². The van der Waals surface area contributed by atoms with Gasteiger partial charge < -0.3 is 10.8 Å². The minimum absolute atomic E-state index is 0.457. The van der Waals surface area contributed by atoms with Gasteiger partial charge in [-0.1, -0.05) is 25.7 Å². The van der Waals surface area contributed by atoms with Crippen molar-refractivity contribution in [1.29, 1.82) is 0 Å². The van der Waals surface area contributed by atoms with Gasteiger partial charge in [0.25, 0.3) is 0 Å². The summed E-state index contributed by atoms with van der Waals surface area (Å²) in [7, 11) is 0. The molecule has 2 heteroatoms. The fourth-order valence-corrected chi connectivity index (χ4v) is 0.803. The number of hydrogen-bond donors (Lipinski definition) is 2. The third kappa shape index (κ3) is 3.39. The van der Waals surface area contributed by atoms with Crippen LogP contribution in [0.3, 0.4) is 0 Å². The van der Waals surface area contributed by atoms with E-state index in [1.165, 1.54) is 0 Å². The highest BCUT2D eigenvalue weighted by Gasteiger charge is 2.03. The van der Waals surface area contributed by atoms with Crippen molar-refractivity contribution in [1.82, 2.24) is 0 Å². The molecule has 0 unspecified atom stereocenters. The zero-order valence-corrected chi connectivity index (χ0v) is 7.75. The van der Waals surface area contributed by atoms with Crippen LogP contribution in [-0.4, -0.2) is 11.2 Å². The van der Waals surface area contributed by atoms with Gasteiger partial charge in [0.1, 0.15) is 0 Å². The quantitative estimate of drug-likeness (QED) is 0.626. The van der Waals surface area contributed by atoms with E-state index in [4.69, 9.17) is 5.73 Å². The lowest BCUT2D eigenvalue weighted by Crippen LogP contribution is -2.08. The molecule has 0 heterocycles. The van der Waals surface area contributed by atoms with Crippen molar-refractivity contribution >= 4 is 0 Å². The summed E-state index contributed by atoms with van der Waals surface area (Å²) in [4.78, 5) is 0. The van der Waals surface area contributed by atoms with E-state index < -0.39 is 6.10 Å². The summed E-state index contributed by atoms with van der Waals surface area (Å²) in [5.41, 5.74) is 6.99. The van der Waals surface area contributed by atoms with Crippen LogP contribution in [0.1, 0.15) is 20.3 Å². The minimum atomic E-state index is -0.457. The Kier molecular flexibility index (Phi) is 5.13. The van der Waals surface area contributed by atoms with Crippen LogP contribution in [-0.2, 0) is 0 Å². The van der Waals surface area contributed by atoms with Gasteiger partial charge >= 0.3 is 0 Å². The van der Waals surface area contributed by atoms with Crippen molar-refractivity contribution in [3.63, 3.8) is 0 Å². The molecule has 12 heavy (non-hydrogen) atoms. The van der Waals surface area contributed by atoms with Crippen molar-refractivity contribution in [3.8, 4) is 0 Å². The second kappa shape index (κ2) is 5.61. The zero-order chi connectivity index (χ0) is 9.56. The van der Waals surface area contributed by atoms with E-state index >= 15 is 0 Å². The van der Waals surface area contributed by atoms with E-state index in [1.54, 1.807) is 18.2 Å². The molecule has 0 aliphatic heterocycles. The Labute approximate surface area is 74.1 Å². The largest absolute Gasteiger partial charge is 0.399 e. The smallest absolute Gasteiger partial charge is 0.0788 e. The molecule has 0 aliphatic rings. The average Bonchev–Trinajstić information content (AvgIpc) is 2.12. The van der Waals surface area contributed by atoms with Crippen LogP contribution in [0.2, 0.25) is 0 Å². The zero-order valence-electron chi connectivity index (χ0n) is 7.75. The van der Waals surface area contributed by atoms with Crippen LogP contribution in [0.4, 0.5) is 0 Å². The Hall–Kier alpha value is -1.02. The van der Waals surface area contributed by atoms with Gasteiger partial charge in [-0.3, -0.25) is 0 Å². The molecular formula is C10H17NO. The second-order valence-electron chi connectivity index (χ2n) is 2.56. The molecule has 0 aromatic carbocycles. The summed E-state index contributed by atoms with van der Waals surface area (Å²) in [6, 6.07) is 0. The first-order valence-corrected chi connectivity index (χ1v) is 4.09. The van der Waals surface area contributed by atoms with E-state index in [0.717, 1.165) is 5.57 Å². The third-order valence-electron chi connectivity index (χ3n) is 1.67. The van der Waals surface area contributed by atoms with Crippen LogP contribution in [0.25, 0.3) is 0 Å². The van der Waals surface area contributed by atoms with Gasteiger partial charge in [0.05, 0.1) is 6.10 Å². The molecule has 68 valence electrons. The van der Waals surface area contributed by atoms with E-state index in [-0.39, 0.29) is 0 Å². The standard InChI is InChI=1S/C10H17NO/c1-4-8(10(12)6-3)7-9(11)5-2/h4-5,7,10,12H,1,6,11H2,2-3H3/b8-7+,9-5+/t10-/m0/s1. The molecule has 0 saturated heterocycles. The van der Waals surface area contributed by atoms with Gasteiger partial charge in [0, 0.05) is 5.70 Å². The second-order valence-corrected chi connectivity index (χ2v) is 2.56. The molecule has 2 nitrogen and oxygen atoms in total. The molecule has 0 fully saturated rings. The number of aliphatic hydroxyl groups is 1. The van der Waals surface area contributed by atoms with Gasteiger partial charge in [0.15, 0.2) is 0 Å². The number of hydrogen-bond acceptors (Lipinski definition) is 2. The van der Waals surface area contributed by atoms with Crippen molar-refractivity contribution in [2.24, 2.45) is 5.73 Å². The maximum Gasteiger partial charge on any atom is 0.0788 e. The summed E-state index contributed by atoms with van der Waals surface area (Å²) in [6.07, 6.45) is 5.37. The lowest BCUT2D eigenvalue weighted by Gasteiger charge is -2.08. The molecule has 0 saturated carbocycles. The fourth-order valence-electron chi connectivity index (χ4n) is 0.803. The van der Waals surface area contributed by atoms with E-state index in [0.29, 0.717) is 12.1 Å². The van der Waals surface area contributed by atoms with Crippen molar-refractivity contribution in [3.05, 3.63) is 36.1 Å². The summed E-state index contributed by atoms with van der Waals surface area (Å²) >= 11 is 0. The van der Waals surface area contributed by atoms with Crippen molar-refractivity contribution in [2.75, 3.05) is 0 Å². The lowest BCUT2D eigenvalue weighted by molar-refractivity contribution is 0.210. The van der Waals surface area contributed by atoms with Gasteiger partial charge in [-0.15, -0.1) is 0 Å². The first-order chi connectivity index (χ1) is 5.65. The molecule has 0 spiro atoms. The monoisotopic (exact) mass is 167 g/mol. The van der Waals surface area contributed by atoms with Crippen LogP contribution in [0.15, 0.2) is 36.1 Å². The molecule has 0 aromatic rings. The molecule has 0 bridgehead atoms. The summed E-state index contributed by atoms with van der Waals surface area (Å²) in [5.74, 6) is 0. The highest BCUT2D eigenvalue weighted by molar-refractivity contribution is 5.29. The maximum absolute atomic E-state index is 9.44. The Bertz CT molecular complexity index is 204. The minimum Gasteiger partial charge on any atom is -0.399 e. The summed E-state index contributed by atoms with van der Waals surface area (Å²) in [6.45, 7) is 7.37. The normalized spacial score (nSPS) is 15.9. The summed E-state index contributed by atoms with van der Waals surface area (Å²) in [5, 5.41) is 9.44. The molecule has 0 radical (unpaired) electrons. The highest BCUT2D eigenvalue weighted by Crippen LogP contribution is 2.08. The van der Waals surface area contributed by atoms with E-state index in [1.807, 2.05) is 13.8 Å². The van der Waals surface area contributed by atoms with Crippen LogP contribution in [0, 0.1) is 0 Å². The van der Waals surface area contributed by atoms with Crippen LogP contribution >= 0.6 is 0 Å². The lowest BCUT2D eigenvalue weighted by atomic mass is 10.1. The maximum atomic E-state index is 9.44. The predicted molar refractivity (Wildman–Crippen MR) is 52.5 cm³/mol. The molecule has 3 N–H and O–H groups in total. The van der Waals surface area contributed by atoms with Gasteiger partial charge in [-0.2, -0.15) is 0 Å². The Morgan fingerprint density at radius 1 is 1.67 bits per heavy atom. The van der Waals surface area contributed by atoms with E-state index in [9.17, 15) is 5.11 Å². The van der Waals surface area contributed by atoms with Gasteiger partial charge in [-0.25, -0.2) is 0 Å². The number of rotatable bonds is 4. The number of nitrogens with two attached hydrogens (primary N) is 1. The molecule has 0 rings (SSSR count).